The number of nitrogens with zero attached hydrogens (tertiary/aromatic N) is 3. The lowest BCUT2D eigenvalue weighted by atomic mass is 10.1. The molecule has 23 heavy (non-hydrogen) atoms. The van der Waals surface area contributed by atoms with Crippen molar-refractivity contribution >= 4 is 41.0 Å². The van der Waals surface area contributed by atoms with Gasteiger partial charge in [-0.1, -0.05) is 12.1 Å². The molecule has 1 aliphatic heterocycles. The van der Waals surface area contributed by atoms with Gasteiger partial charge in [-0.15, -0.1) is 0 Å². The molecule has 0 spiro atoms. The number of anilines is 1. The van der Waals surface area contributed by atoms with Crippen molar-refractivity contribution in [3.63, 3.8) is 0 Å². The summed E-state index contributed by atoms with van der Waals surface area (Å²) in [6, 6.07) is 7.33. The SMILES string of the molecule is O=C(Nc1ccc(CC(=O)N2CCSCC2)cc1)c1cnsn1. The molecule has 0 unspecified atom stereocenters. The summed E-state index contributed by atoms with van der Waals surface area (Å²) in [5.74, 6) is 1.91. The van der Waals surface area contributed by atoms with E-state index in [9.17, 15) is 9.59 Å². The van der Waals surface area contributed by atoms with E-state index in [0.29, 0.717) is 17.8 Å². The monoisotopic (exact) mass is 348 g/mol. The van der Waals surface area contributed by atoms with Crippen molar-refractivity contribution in [2.75, 3.05) is 29.9 Å². The number of carbonyl (C=O) groups is 2. The van der Waals surface area contributed by atoms with Gasteiger partial charge in [-0.3, -0.25) is 9.59 Å². The van der Waals surface area contributed by atoms with Crippen LogP contribution >= 0.6 is 23.5 Å². The highest BCUT2D eigenvalue weighted by Crippen LogP contribution is 2.14. The molecule has 2 heterocycles. The number of hydrogen-bond donors (Lipinski definition) is 1. The molecule has 0 aliphatic carbocycles. The number of thioether (sulfide) groups is 1. The van der Waals surface area contributed by atoms with Gasteiger partial charge in [-0.25, -0.2) is 0 Å². The molecule has 1 aliphatic rings. The zero-order valence-corrected chi connectivity index (χ0v) is 14.0. The second-order valence-corrected chi connectivity index (χ2v) is 6.90. The molecule has 6 nitrogen and oxygen atoms in total. The van der Waals surface area contributed by atoms with E-state index in [1.165, 1.54) is 6.20 Å². The summed E-state index contributed by atoms with van der Waals surface area (Å²) < 4.78 is 7.69. The van der Waals surface area contributed by atoms with E-state index >= 15 is 0 Å². The Bertz CT molecular complexity index is 667. The third kappa shape index (κ3) is 4.29. The molecule has 8 heteroatoms. The molecular formula is C15H16N4O2S2. The fraction of sp³-hybridized carbons (Fsp3) is 0.333. The van der Waals surface area contributed by atoms with E-state index in [-0.39, 0.29) is 11.8 Å². The largest absolute Gasteiger partial charge is 0.341 e. The number of nitrogens with one attached hydrogen (secondary N) is 1. The van der Waals surface area contributed by atoms with Gasteiger partial charge in [0.2, 0.25) is 5.91 Å². The molecule has 0 atom stereocenters. The average molecular weight is 348 g/mol. The zero-order chi connectivity index (χ0) is 16.1. The summed E-state index contributed by atoms with van der Waals surface area (Å²) in [6.07, 6.45) is 1.83. The van der Waals surface area contributed by atoms with Crippen LogP contribution in [-0.4, -0.2) is 50.1 Å². The smallest absolute Gasteiger partial charge is 0.277 e. The summed E-state index contributed by atoms with van der Waals surface area (Å²) in [6.45, 7) is 1.67. The predicted molar refractivity (Wildman–Crippen MR) is 91.9 cm³/mol. The number of hydrogen-bond acceptors (Lipinski definition) is 6. The molecule has 0 radical (unpaired) electrons. The number of benzene rings is 1. The molecule has 0 bridgehead atoms. The highest BCUT2D eigenvalue weighted by Gasteiger charge is 2.17. The second kappa shape index (κ2) is 7.56. The Balaban J connectivity index is 1.56. The van der Waals surface area contributed by atoms with Crippen LogP contribution in [0.15, 0.2) is 30.5 Å². The highest BCUT2D eigenvalue weighted by atomic mass is 32.2. The molecule has 120 valence electrons. The van der Waals surface area contributed by atoms with Gasteiger partial charge < -0.3 is 10.2 Å². The average Bonchev–Trinajstić information content (AvgIpc) is 3.12. The van der Waals surface area contributed by atoms with Gasteiger partial charge >= 0.3 is 0 Å². The maximum atomic E-state index is 12.2. The summed E-state index contributed by atoms with van der Waals surface area (Å²) in [4.78, 5) is 26.0. The number of carbonyl (C=O) groups excluding carboxylic acids is 2. The fourth-order valence-electron chi connectivity index (χ4n) is 2.26. The Morgan fingerprint density at radius 3 is 2.57 bits per heavy atom. The maximum absolute atomic E-state index is 12.2. The molecule has 1 fully saturated rings. The van der Waals surface area contributed by atoms with E-state index in [2.05, 4.69) is 14.1 Å². The summed E-state index contributed by atoms with van der Waals surface area (Å²) >= 11 is 2.88. The minimum atomic E-state index is -0.284. The van der Waals surface area contributed by atoms with E-state index in [1.807, 2.05) is 28.8 Å². The molecule has 0 saturated carbocycles. The van der Waals surface area contributed by atoms with Crippen LogP contribution in [0.5, 0.6) is 0 Å². The molecular weight excluding hydrogens is 332 g/mol. The van der Waals surface area contributed by atoms with Gasteiger partial charge in [-0.2, -0.15) is 20.5 Å². The molecule has 1 N–H and O–H groups in total. The van der Waals surface area contributed by atoms with Crippen molar-refractivity contribution in [1.82, 2.24) is 13.6 Å². The van der Waals surface area contributed by atoms with Crippen LogP contribution in [0.25, 0.3) is 0 Å². The molecule has 2 aromatic rings. The molecule has 1 aromatic carbocycles. The van der Waals surface area contributed by atoms with Gasteiger partial charge in [0, 0.05) is 30.3 Å². The third-order valence-corrected chi connectivity index (χ3v) is 4.95. The Labute approximate surface area is 142 Å². The van der Waals surface area contributed by atoms with E-state index in [0.717, 1.165) is 41.9 Å². The van der Waals surface area contributed by atoms with Crippen molar-refractivity contribution in [2.24, 2.45) is 0 Å². The van der Waals surface area contributed by atoms with Crippen LogP contribution < -0.4 is 5.32 Å². The Hall–Kier alpha value is -1.93. The number of aromatic nitrogens is 2. The van der Waals surface area contributed by atoms with Gasteiger partial charge in [0.25, 0.3) is 5.91 Å². The van der Waals surface area contributed by atoms with Gasteiger partial charge in [0.05, 0.1) is 24.3 Å². The molecule has 1 saturated heterocycles. The van der Waals surface area contributed by atoms with Crippen molar-refractivity contribution < 1.29 is 9.59 Å². The lowest BCUT2D eigenvalue weighted by Crippen LogP contribution is -2.38. The van der Waals surface area contributed by atoms with Crippen LogP contribution in [0.3, 0.4) is 0 Å². The maximum Gasteiger partial charge on any atom is 0.277 e. The minimum Gasteiger partial charge on any atom is -0.341 e. The third-order valence-electron chi connectivity index (χ3n) is 3.52. The van der Waals surface area contributed by atoms with Gasteiger partial charge in [-0.05, 0) is 17.7 Å². The molecule has 1 aromatic heterocycles. The second-order valence-electron chi connectivity index (χ2n) is 5.11. The first-order valence-corrected chi connectivity index (χ1v) is 9.14. The fourth-order valence-corrected chi connectivity index (χ4v) is 3.58. The predicted octanol–water partition coefficient (Wildman–Crippen LogP) is 1.91. The number of amides is 2. The first-order valence-electron chi connectivity index (χ1n) is 7.26. The van der Waals surface area contributed by atoms with E-state index in [1.54, 1.807) is 12.1 Å². The quantitative estimate of drug-likeness (QED) is 0.913. The Morgan fingerprint density at radius 2 is 1.91 bits per heavy atom. The van der Waals surface area contributed by atoms with Crippen LogP contribution in [0.4, 0.5) is 5.69 Å². The van der Waals surface area contributed by atoms with Crippen LogP contribution in [0.1, 0.15) is 16.1 Å². The van der Waals surface area contributed by atoms with Crippen LogP contribution in [-0.2, 0) is 11.2 Å². The normalized spacial score (nSPS) is 14.5. The van der Waals surface area contributed by atoms with Crippen LogP contribution in [0.2, 0.25) is 0 Å². The number of rotatable bonds is 4. The first kappa shape index (κ1) is 15.9. The molecule has 2 amide bonds. The summed E-state index contributed by atoms with van der Waals surface area (Å²) in [7, 11) is 0. The lowest BCUT2D eigenvalue weighted by Gasteiger charge is -2.26. The van der Waals surface area contributed by atoms with E-state index in [4.69, 9.17) is 0 Å². The highest BCUT2D eigenvalue weighted by molar-refractivity contribution is 7.99. The van der Waals surface area contributed by atoms with Gasteiger partial charge in [0.15, 0.2) is 5.69 Å². The lowest BCUT2D eigenvalue weighted by molar-refractivity contribution is -0.130. The van der Waals surface area contributed by atoms with Crippen molar-refractivity contribution in [1.29, 1.82) is 0 Å². The van der Waals surface area contributed by atoms with Crippen LogP contribution in [0, 0.1) is 0 Å². The van der Waals surface area contributed by atoms with Gasteiger partial charge in [0.1, 0.15) is 0 Å². The van der Waals surface area contributed by atoms with E-state index < -0.39 is 0 Å². The summed E-state index contributed by atoms with van der Waals surface area (Å²) in [5.41, 5.74) is 1.92. The van der Waals surface area contributed by atoms with Crippen molar-refractivity contribution in [3.8, 4) is 0 Å². The Kier molecular flexibility index (Phi) is 5.24. The first-order chi connectivity index (χ1) is 11.2. The Morgan fingerprint density at radius 1 is 1.17 bits per heavy atom. The van der Waals surface area contributed by atoms with Crippen molar-refractivity contribution in [3.05, 3.63) is 41.7 Å². The minimum absolute atomic E-state index is 0.163. The van der Waals surface area contributed by atoms with Crippen molar-refractivity contribution in [2.45, 2.75) is 6.42 Å². The zero-order valence-electron chi connectivity index (χ0n) is 12.4. The summed E-state index contributed by atoms with van der Waals surface area (Å²) in [5, 5.41) is 2.76. The molecule has 3 rings (SSSR count). The topological polar surface area (TPSA) is 75.2 Å². The standard InChI is InChI=1S/C15H16N4O2S2/c20-14(19-5-7-22-8-6-19)9-11-1-3-12(4-2-11)17-15(21)13-10-16-23-18-13/h1-4,10H,5-9H2,(H,17,21).